The fourth-order valence-corrected chi connectivity index (χ4v) is 4.25. The largest absolute Gasteiger partial charge is 0.471 e. The molecule has 166 valence electrons. The molecule has 1 N–H and O–H groups in total. The summed E-state index contributed by atoms with van der Waals surface area (Å²) in [5.74, 6) is 0.577. The van der Waals surface area contributed by atoms with E-state index in [0.717, 1.165) is 17.7 Å². The number of likely N-dealkylation sites (tertiary alicyclic amines) is 1. The summed E-state index contributed by atoms with van der Waals surface area (Å²) in [5, 5.41) is 3.04. The SMILES string of the molecule is CSc1ccc(Nc2ncnc(OC3CN(C(=O)OC(C)C)CC34CC4)c2C)c(F)c1. The molecule has 1 aromatic heterocycles. The van der Waals surface area contributed by atoms with Gasteiger partial charge < -0.3 is 19.7 Å². The summed E-state index contributed by atoms with van der Waals surface area (Å²) < 4.78 is 26.0. The van der Waals surface area contributed by atoms with E-state index in [1.54, 1.807) is 11.0 Å². The smallest absolute Gasteiger partial charge is 0.410 e. The number of rotatable bonds is 6. The van der Waals surface area contributed by atoms with E-state index in [4.69, 9.17) is 9.47 Å². The highest BCUT2D eigenvalue weighted by Gasteiger charge is 2.58. The molecule has 1 saturated heterocycles. The van der Waals surface area contributed by atoms with E-state index >= 15 is 0 Å². The molecule has 0 radical (unpaired) electrons. The molecule has 2 aromatic rings. The van der Waals surface area contributed by atoms with Gasteiger partial charge in [-0.2, -0.15) is 0 Å². The Bertz CT molecular complexity index is 983. The number of carbonyl (C=O) groups is 1. The Kier molecular flexibility index (Phi) is 5.96. The predicted octanol–water partition coefficient (Wildman–Crippen LogP) is 4.78. The van der Waals surface area contributed by atoms with E-state index in [2.05, 4.69) is 15.3 Å². The predicted molar refractivity (Wildman–Crippen MR) is 118 cm³/mol. The zero-order chi connectivity index (χ0) is 22.2. The van der Waals surface area contributed by atoms with E-state index in [0.29, 0.717) is 36.0 Å². The molecule has 31 heavy (non-hydrogen) atoms. The van der Waals surface area contributed by atoms with Gasteiger partial charge in [-0.25, -0.2) is 19.2 Å². The van der Waals surface area contributed by atoms with Crippen molar-refractivity contribution in [3.05, 3.63) is 35.9 Å². The van der Waals surface area contributed by atoms with Crippen LogP contribution in [-0.4, -0.2) is 52.5 Å². The van der Waals surface area contributed by atoms with Crippen LogP contribution >= 0.6 is 11.8 Å². The number of hydrogen-bond donors (Lipinski definition) is 1. The van der Waals surface area contributed by atoms with Crippen molar-refractivity contribution in [3.63, 3.8) is 0 Å². The number of benzene rings is 1. The second-order valence-corrected chi connectivity index (χ2v) is 9.28. The monoisotopic (exact) mass is 446 g/mol. The molecular weight excluding hydrogens is 419 g/mol. The molecule has 2 fully saturated rings. The number of hydrogen-bond acceptors (Lipinski definition) is 7. The lowest BCUT2D eigenvalue weighted by molar-refractivity contribution is 0.0795. The van der Waals surface area contributed by atoms with Crippen LogP contribution in [0.5, 0.6) is 5.88 Å². The van der Waals surface area contributed by atoms with E-state index in [-0.39, 0.29) is 29.5 Å². The van der Waals surface area contributed by atoms with E-state index in [1.165, 1.54) is 24.2 Å². The van der Waals surface area contributed by atoms with Crippen LogP contribution in [0.3, 0.4) is 0 Å². The summed E-state index contributed by atoms with van der Waals surface area (Å²) in [6.07, 6.45) is 4.68. The standard InChI is InChI=1S/C22H27FN4O3S/c1-13(2)29-21(28)27-10-18(22(11-27)7-8-22)30-20-14(3)19(24-12-25-20)26-17-6-5-15(31-4)9-16(17)23/h5-6,9,12-13,18H,7-8,10-11H2,1-4H3,(H,24,25,26). The molecule has 1 saturated carbocycles. The fourth-order valence-electron chi connectivity index (χ4n) is 3.82. The normalized spacial score (nSPS) is 19.0. The highest BCUT2D eigenvalue weighted by Crippen LogP contribution is 2.54. The van der Waals surface area contributed by atoms with Gasteiger partial charge in [0.25, 0.3) is 0 Å². The van der Waals surface area contributed by atoms with Crippen molar-refractivity contribution in [2.75, 3.05) is 24.7 Å². The maximum absolute atomic E-state index is 14.4. The van der Waals surface area contributed by atoms with E-state index < -0.39 is 0 Å². The Morgan fingerprint density at radius 2 is 2.13 bits per heavy atom. The zero-order valence-corrected chi connectivity index (χ0v) is 19.0. The number of anilines is 2. The molecule has 2 heterocycles. The first-order valence-corrected chi connectivity index (χ1v) is 11.6. The number of nitrogens with one attached hydrogen (secondary N) is 1. The molecule has 4 rings (SSSR count). The van der Waals surface area contributed by atoms with Gasteiger partial charge in [0.15, 0.2) is 0 Å². The van der Waals surface area contributed by atoms with Gasteiger partial charge in [-0.15, -0.1) is 11.8 Å². The number of carbonyl (C=O) groups excluding carboxylic acids is 1. The van der Waals surface area contributed by atoms with Crippen molar-refractivity contribution in [3.8, 4) is 5.88 Å². The van der Waals surface area contributed by atoms with Crippen molar-refractivity contribution < 1.29 is 18.7 Å². The van der Waals surface area contributed by atoms with Crippen LogP contribution in [0.4, 0.5) is 20.7 Å². The van der Waals surface area contributed by atoms with Gasteiger partial charge in [-0.1, -0.05) is 0 Å². The molecule has 1 aliphatic carbocycles. The van der Waals surface area contributed by atoms with Gasteiger partial charge in [0, 0.05) is 16.9 Å². The van der Waals surface area contributed by atoms with Crippen molar-refractivity contribution in [2.24, 2.45) is 5.41 Å². The molecule has 1 unspecified atom stereocenters. The van der Waals surface area contributed by atoms with Gasteiger partial charge in [0.2, 0.25) is 5.88 Å². The Morgan fingerprint density at radius 1 is 1.35 bits per heavy atom. The van der Waals surface area contributed by atoms with Gasteiger partial charge in [0.1, 0.15) is 24.1 Å². The first-order valence-electron chi connectivity index (χ1n) is 10.4. The van der Waals surface area contributed by atoms with E-state index in [1.807, 2.05) is 33.1 Å². The number of aromatic nitrogens is 2. The molecule has 1 amide bonds. The Morgan fingerprint density at radius 3 is 2.77 bits per heavy atom. The summed E-state index contributed by atoms with van der Waals surface area (Å²) >= 11 is 1.48. The molecule has 1 spiro atoms. The third-order valence-electron chi connectivity index (χ3n) is 5.78. The van der Waals surface area contributed by atoms with Crippen molar-refractivity contribution in [2.45, 2.75) is 50.7 Å². The first kappa shape index (κ1) is 21.7. The number of thioether (sulfide) groups is 1. The molecule has 0 bridgehead atoms. The maximum atomic E-state index is 14.4. The molecule has 9 heteroatoms. The average Bonchev–Trinajstić information content (AvgIpc) is 3.41. The van der Waals surface area contributed by atoms with Gasteiger partial charge in [0.05, 0.1) is 23.9 Å². The second kappa shape index (κ2) is 8.53. The third kappa shape index (κ3) is 4.56. The van der Waals surface area contributed by atoms with Crippen LogP contribution in [0.15, 0.2) is 29.4 Å². The second-order valence-electron chi connectivity index (χ2n) is 8.41. The van der Waals surface area contributed by atoms with Crippen LogP contribution in [0.25, 0.3) is 0 Å². The van der Waals surface area contributed by atoms with Crippen LogP contribution in [0.1, 0.15) is 32.3 Å². The number of halogens is 1. The summed E-state index contributed by atoms with van der Waals surface area (Å²) in [5.41, 5.74) is 0.989. The minimum Gasteiger partial charge on any atom is -0.471 e. The van der Waals surface area contributed by atoms with Gasteiger partial charge in [-0.05, 0) is 58.1 Å². The average molecular weight is 447 g/mol. The molecule has 7 nitrogen and oxygen atoms in total. The van der Waals surface area contributed by atoms with Crippen LogP contribution < -0.4 is 10.1 Å². The summed E-state index contributed by atoms with van der Waals surface area (Å²) in [6, 6.07) is 5.03. The number of amides is 1. The summed E-state index contributed by atoms with van der Waals surface area (Å²) in [4.78, 5) is 23.5. The highest BCUT2D eigenvalue weighted by molar-refractivity contribution is 7.98. The van der Waals surface area contributed by atoms with Crippen LogP contribution in [0.2, 0.25) is 0 Å². The molecule has 1 atom stereocenters. The minimum atomic E-state index is -0.348. The van der Waals surface area contributed by atoms with Crippen LogP contribution in [-0.2, 0) is 4.74 Å². The van der Waals surface area contributed by atoms with E-state index in [9.17, 15) is 9.18 Å². The van der Waals surface area contributed by atoms with Crippen molar-refractivity contribution >= 4 is 29.4 Å². The summed E-state index contributed by atoms with van der Waals surface area (Å²) in [6.45, 7) is 6.61. The van der Waals surface area contributed by atoms with Crippen molar-refractivity contribution in [1.82, 2.24) is 14.9 Å². The van der Waals surface area contributed by atoms with Gasteiger partial charge in [-0.3, -0.25) is 0 Å². The third-order valence-corrected chi connectivity index (χ3v) is 6.51. The Labute approximate surface area is 185 Å². The maximum Gasteiger partial charge on any atom is 0.410 e. The lowest BCUT2D eigenvalue weighted by atomic mass is 10.0. The Hall–Kier alpha value is -2.55. The Balaban J connectivity index is 1.49. The number of ether oxygens (including phenoxy) is 2. The summed E-state index contributed by atoms with van der Waals surface area (Å²) in [7, 11) is 0. The molecule has 1 aliphatic heterocycles. The molecule has 2 aliphatic rings. The zero-order valence-electron chi connectivity index (χ0n) is 18.1. The lowest BCUT2D eigenvalue weighted by Gasteiger charge is -2.20. The van der Waals surface area contributed by atoms with Crippen LogP contribution in [0, 0.1) is 18.2 Å². The topological polar surface area (TPSA) is 76.6 Å². The first-order chi connectivity index (χ1) is 14.8. The van der Waals surface area contributed by atoms with Crippen molar-refractivity contribution in [1.29, 1.82) is 0 Å². The van der Waals surface area contributed by atoms with Gasteiger partial charge >= 0.3 is 6.09 Å². The minimum absolute atomic E-state index is 0.0409. The molecular formula is C22H27FN4O3S. The lowest BCUT2D eigenvalue weighted by Crippen LogP contribution is -2.33. The fraction of sp³-hybridized carbons (Fsp3) is 0.500. The highest BCUT2D eigenvalue weighted by atomic mass is 32.2. The quantitative estimate of drug-likeness (QED) is 0.640. The molecule has 1 aromatic carbocycles. The number of nitrogens with zero attached hydrogens (tertiary/aromatic N) is 3.